The van der Waals surface area contributed by atoms with Crippen molar-refractivity contribution in [3.05, 3.63) is 24.3 Å². The van der Waals surface area contributed by atoms with Crippen molar-refractivity contribution in [1.82, 2.24) is 0 Å². The first-order valence-corrected chi connectivity index (χ1v) is 6.91. The summed E-state index contributed by atoms with van der Waals surface area (Å²) in [6.07, 6.45) is 1.31. The van der Waals surface area contributed by atoms with E-state index in [0.29, 0.717) is 19.4 Å². The van der Waals surface area contributed by atoms with E-state index in [-0.39, 0.29) is 11.9 Å². The first kappa shape index (κ1) is 13.9. The van der Waals surface area contributed by atoms with Gasteiger partial charge in [0.25, 0.3) is 5.91 Å². The smallest absolute Gasteiger partial charge is 0.271 e. The van der Waals surface area contributed by atoms with Crippen LogP contribution >= 0.6 is 0 Å². The Bertz CT molecular complexity index is 469. The van der Waals surface area contributed by atoms with Gasteiger partial charge < -0.3 is 15.4 Å². The van der Waals surface area contributed by atoms with Crippen LogP contribution in [0.25, 0.3) is 0 Å². The van der Waals surface area contributed by atoms with Crippen molar-refractivity contribution in [3.63, 3.8) is 0 Å². The minimum absolute atomic E-state index is 0.0224. The van der Waals surface area contributed by atoms with Gasteiger partial charge in [-0.15, -0.1) is 0 Å². The summed E-state index contributed by atoms with van der Waals surface area (Å²) in [5.74, 6) is 0.792. The van der Waals surface area contributed by atoms with Gasteiger partial charge in [-0.2, -0.15) is 0 Å². The maximum absolute atomic E-state index is 12.8. The van der Waals surface area contributed by atoms with Gasteiger partial charge in [-0.25, -0.2) is 0 Å². The predicted octanol–water partition coefficient (Wildman–Crippen LogP) is 2.32. The van der Waals surface area contributed by atoms with Gasteiger partial charge in [0.2, 0.25) is 0 Å². The van der Waals surface area contributed by atoms with Crippen LogP contribution in [0, 0.1) is 0 Å². The van der Waals surface area contributed by atoms with Crippen LogP contribution in [0.15, 0.2) is 24.3 Å². The van der Waals surface area contributed by atoms with Crippen LogP contribution < -0.4 is 15.4 Å². The van der Waals surface area contributed by atoms with Crippen LogP contribution in [0.3, 0.4) is 0 Å². The maximum Gasteiger partial charge on any atom is 0.271 e. The number of hydrogen-bond donors (Lipinski definition) is 1. The average Bonchev–Trinajstić information content (AvgIpc) is 2.46. The zero-order chi connectivity index (χ0) is 14.0. The summed E-state index contributed by atoms with van der Waals surface area (Å²) in [4.78, 5) is 14.6. The molecular formula is C15H22N2O2. The zero-order valence-corrected chi connectivity index (χ0v) is 11.8. The minimum atomic E-state index is -0.752. The number of ether oxygens (including phenoxy) is 1. The monoisotopic (exact) mass is 262 g/mol. The molecular weight excluding hydrogens is 240 g/mol. The number of carbonyl (C=O) groups is 1. The molecule has 4 heteroatoms. The minimum Gasteiger partial charge on any atom is -0.475 e. The van der Waals surface area contributed by atoms with E-state index in [2.05, 4.69) is 0 Å². The summed E-state index contributed by atoms with van der Waals surface area (Å²) in [6.45, 7) is 6.38. The number of nitrogens with two attached hydrogens (primary N) is 1. The number of para-hydroxylation sites is 2. The Kier molecular flexibility index (Phi) is 3.80. The van der Waals surface area contributed by atoms with E-state index < -0.39 is 5.60 Å². The molecule has 1 heterocycles. The summed E-state index contributed by atoms with van der Waals surface area (Å²) < 4.78 is 6.02. The summed E-state index contributed by atoms with van der Waals surface area (Å²) >= 11 is 0. The number of nitrogens with zero attached hydrogens (tertiary/aromatic N) is 1. The predicted molar refractivity (Wildman–Crippen MR) is 76.4 cm³/mol. The van der Waals surface area contributed by atoms with E-state index in [1.165, 1.54) is 0 Å². The second-order valence-electron chi connectivity index (χ2n) is 5.03. The largest absolute Gasteiger partial charge is 0.475 e. The third-order valence-corrected chi connectivity index (χ3v) is 3.96. The van der Waals surface area contributed by atoms with E-state index in [4.69, 9.17) is 10.5 Å². The summed E-state index contributed by atoms with van der Waals surface area (Å²) in [5, 5.41) is 0. The van der Waals surface area contributed by atoms with Gasteiger partial charge in [0, 0.05) is 12.6 Å². The topological polar surface area (TPSA) is 55.6 Å². The third-order valence-electron chi connectivity index (χ3n) is 3.96. The molecule has 0 bridgehead atoms. The molecule has 0 aliphatic carbocycles. The Morgan fingerprint density at radius 1 is 1.32 bits per heavy atom. The SMILES string of the molecule is CCC1(CC)Oc2ccccc2N(C(C)CN)C1=O. The number of benzene rings is 1. The Labute approximate surface area is 114 Å². The van der Waals surface area contributed by atoms with Gasteiger partial charge in [-0.3, -0.25) is 4.79 Å². The van der Waals surface area contributed by atoms with Crippen LogP contribution in [-0.4, -0.2) is 24.1 Å². The fraction of sp³-hybridized carbons (Fsp3) is 0.533. The molecule has 0 spiro atoms. The van der Waals surface area contributed by atoms with Crippen molar-refractivity contribution in [1.29, 1.82) is 0 Å². The van der Waals surface area contributed by atoms with Gasteiger partial charge in [0.1, 0.15) is 5.75 Å². The molecule has 1 atom stereocenters. The molecule has 4 nitrogen and oxygen atoms in total. The molecule has 0 radical (unpaired) electrons. The van der Waals surface area contributed by atoms with Crippen LogP contribution in [0.1, 0.15) is 33.6 Å². The molecule has 19 heavy (non-hydrogen) atoms. The molecule has 0 fully saturated rings. The van der Waals surface area contributed by atoms with Crippen LogP contribution in [0.5, 0.6) is 5.75 Å². The lowest BCUT2D eigenvalue weighted by Gasteiger charge is -2.44. The van der Waals surface area contributed by atoms with Gasteiger partial charge >= 0.3 is 0 Å². The van der Waals surface area contributed by atoms with Crippen LogP contribution in [-0.2, 0) is 4.79 Å². The van der Waals surface area contributed by atoms with Crippen LogP contribution in [0.2, 0.25) is 0 Å². The fourth-order valence-corrected chi connectivity index (χ4v) is 2.57. The first-order chi connectivity index (χ1) is 9.09. The number of fused-ring (bicyclic) bond motifs is 1. The lowest BCUT2D eigenvalue weighted by Crippen LogP contribution is -2.59. The second kappa shape index (κ2) is 5.21. The van der Waals surface area contributed by atoms with Crippen molar-refractivity contribution in [2.75, 3.05) is 11.4 Å². The maximum atomic E-state index is 12.8. The van der Waals surface area contributed by atoms with E-state index in [9.17, 15) is 4.79 Å². The fourth-order valence-electron chi connectivity index (χ4n) is 2.57. The molecule has 1 aliphatic rings. The average molecular weight is 262 g/mol. The number of carbonyl (C=O) groups excluding carboxylic acids is 1. The van der Waals surface area contributed by atoms with E-state index in [0.717, 1.165) is 11.4 Å². The molecule has 0 saturated carbocycles. The highest BCUT2D eigenvalue weighted by molar-refractivity contribution is 6.03. The highest BCUT2D eigenvalue weighted by atomic mass is 16.5. The Balaban J connectivity index is 2.54. The van der Waals surface area contributed by atoms with Crippen molar-refractivity contribution >= 4 is 11.6 Å². The van der Waals surface area contributed by atoms with E-state index >= 15 is 0 Å². The summed E-state index contributed by atoms with van der Waals surface area (Å²) in [6, 6.07) is 7.63. The molecule has 0 saturated heterocycles. The number of anilines is 1. The van der Waals surface area contributed by atoms with Crippen molar-refractivity contribution < 1.29 is 9.53 Å². The van der Waals surface area contributed by atoms with Gasteiger partial charge in [-0.1, -0.05) is 26.0 Å². The second-order valence-corrected chi connectivity index (χ2v) is 5.03. The van der Waals surface area contributed by atoms with Gasteiger partial charge in [0.15, 0.2) is 5.60 Å². The molecule has 1 unspecified atom stereocenters. The molecule has 1 aromatic rings. The Hall–Kier alpha value is -1.55. The molecule has 1 amide bonds. The Morgan fingerprint density at radius 2 is 1.95 bits per heavy atom. The van der Waals surface area contributed by atoms with Gasteiger partial charge in [0.05, 0.1) is 5.69 Å². The quantitative estimate of drug-likeness (QED) is 0.906. The van der Waals surface area contributed by atoms with Crippen molar-refractivity contribution in [2.24, 2.45) is 5.73 Å². The number of rotatable bonds is 4. The van der Waals surface area contributed by atoms with E-state index in [1.54, 1.807) is 4.90 Å². The van der Waals surface area contributed by atoms with Crippen LogP contribution in [0.4, 0.5) is 5.69 Å². The van der Waals surface area contributed by atoms with Gasteiger partial charge in [-0.05, 0) is 31.9 Å². The summed E-state index contributed by atoms with van der Waals surface area (Å²) in [7, 11) is 0. The van der Waals surface area contributed by atoms with E-state index in [1.807, 2.05) is 45.0 Å². The zero-order valence-electron chi connectivity index (χ0n) is 11.8. The summed E-state index contributed by atoms with van der Waals surface area (Å²) in [5.41, 5.74) is 5.83. The van der Waals surface area contributed by atoms with Crippen molar-refractivity contribution in [3.8, 4) is 5.75 Å². The number of hydrogen-bond acceptors (Lipinski definition) is 3. The standard InChI is InChI=1S/C15H22N2O2/c1-4-15(5-2)14(18)17(11(3)10-16)12-8-6-7-9-13(12)19-15/h6-9,11H,4-5,10,16H2,1-3H3. The molecule has 1 aromatic carbocycles. The lowest BCUT2D eigenvalue weighted by atomic mass is 9.92. The van der Waals surface area contributed by atoms with Crippen molar-refractivity contribution in [2.45, 2.75) is 45.3 Å². The molecule has 104 valence electrons. The lowest BCUT2D eigenvalue weighted by molar-refractivity contribution is -0.136. The Morgan fingerprint density at radius 3 is 2.53 bits per heavy atom. The highest BCUT2D eigenvalue weighted by Gasteiger charge is 2.46. The molecule has 1 aliphatic heterocycles. The third kappa shape index (κ3) is 2.10. The highest BCUT2D eigenvalue weighted by Crippen LogP contribution is 2.41. The molecule has 2 rings (SSSR count). The first-order valence-electron chi connectivity index (χ1n) is 6.91. The normalized spacial score (nSPS) is 18.7. The molecule has 0 aromatic heterocycles. The number of amides is 1. The molecule has 2 N–H and O–H groups in total.